The predicted molar refractivity (Wildman–Crippen MR) is 113 cm³/mol. The first-order chi connectivity index (χ1) is 15.3. The maximum absolute atomic E-state index is 13.6. The summed E-state index contributed by atoms with van der Waals surface area (Å²) in [4.78, 5) is 14.7. The van der Waals surface area contributed by atoms with E-state index in [4.69, 9.17) is 9.47 Å². The van der Waals surface area contributed by atoms with Crippen LogP contribution < -0.4 is 10.2 Å². The quantitative estimate of drug-likeness (QED) is 0.725. The second kappa shape index (κ2) is 9.49. The zero-order valence-corrected chi connectivity index (χ0v) is 18.0. The summed E-state index contributed by atoms with van der Waals surface area (Å²) in [6.45, 7) is 3.14. The van der Waals surface area contributed by atoms with Gasteiger partial charge in [-0.05, 0) is 30.3 Å². The number of nitrogens with one attached hydrogen (secondary N) is 1. The summed E-state index contributed by atoms with van der Waals surface area (Å²) in [5, 5.41) is 2.63. The van der Waals surface area contributed by atoms with Crippen molar-refractivity contribution in [2.45, 2.75) is 4.90 Å². The van der Waals surface area contributed by atoms with Crippen LogP contribution in [0.1, 0.15) is 10.4 Å². The van der Waals surface area contributed by atoms with Gasteiger partial charge in [0.15, 0.2) is 0 Å². The van der Waals surface area contributed by atoms with Gasteiger partial charge < -0.3 is 19.7 Å². The van der Waals surface area contributed by atoms with Gasteiger partial charge in [-0.15, -0.1) is 0 Å². The Morgan fingerprint density at radius 3 is 2.09 bits per heavy atom. The third kappa shape index (κ3) is 4.90. The first-order valence-electron chi connectivity index (χ1n) is 10.2. The Kier molecular flexibility index (Phi) is 6.70. The van der Waals surface area contributed by atoms with Gasteiger partial charge in [0.2, 0.25) is 10.0 Å². The number of rotatable bonds is 5. The van der Waals surface area contributed by atoms with Crippen LogP contribution in [0.2, 0.25) is 0 Å². The van der Waals surface area contributed by atoms with Crippen LogP contribution in [0.25, 0.3) is 0 Å². The Morgan fingerprint density at radius 1 is 0.875 bits per heavy atom. The van der Waals surface area contributed by atoms with Crippen LogP contribution in [-0.2, 0) is 19.5 Å². The molecule has 0 atom stereocenters. The number of ether oxygens (including phenoxy) is 2. The number of anilines is 2. The molecule has 2 aliphatic heterocycles. The van der Waals surface area contributed by atoms with Crippen LogP contribution in [0.4, 0.5) is 20.2 Å². The van der Waals surface area contributed by atoms with Gasteiger partial charge in [0.1, 0.15) is 11.6 Å². The zero-order chi connectivity index (χ0) is 22.7. The highest BCUT2D eigenvalue weighted by Crippen LogP contribution is 2.31. The van der Waals surface area contributed by atoms with E-state index in [1.54, 1.807) is 6.07 Å². The molecule has 32 heavy (non-hydrogen) atoms. The molecule has 0 unspecified atom stereocenters. The van der Waals surface area contributed by atoms with Crippen molar-refractivity contribution in [1.82, 2.24) is 4.31 Å². The SMILES string of the molecule is O=C(Nc1cc(S(=O)(=O)N2CCOCC2)ccc1N1CCOCC1)c1cc(F)cc(F)c1. The molecule has 0 radical (unpaired) electrons. The highest BCUT2D eigenvalue weighted by Gasteiger charge is 2.28. The van der Waals surface area contributed by atoms with Crippen molar-refractivity contribution in [3.05, 3.63) is 53.6 Å². The minimum Gasteiger partial charge on any atom is -0.379 e. The van der Waals surface area contributed by atoms with E-state index in [0.29, 0.717) is 51.3 Å². The van der Waals surface area contributed by atoms with Gasteiger partial charge in [-0.1, -0.05) is 0 Å². The average molecular weight is 467 g/mol. The van der Waals surface area contributed by atoms with Crippen LogP contribution >= 0.6 is 0 Å². The summed E-state index contributed by atoms with van der Waals surface area (Å²) in [5.74, 6) is -2.52. The summed E-state index contributed by atoms with van der Waals surface area (Å²) in [6.07, 6.45) is 0. The zero-order valence-electron chi connectivity index (χ0n) is 17.2. The van der Waals surface area contributed by atoms with Gasteiger partial charge in [0.05, 0.1) is 42.7 Å². The Bertz CT molecular complexity index is 1080. The molecule has 2 aromatic carbocycles. The number of carbonyl (C=O) groups excluding carboxylic acids is 1. The van der Waals surface area contributed by atoms with Crippen LogP contribution in [0, 0.1) is 11.6 Å². The molecule has 0 aromatic heterocycles. The number of hydrogen-bond acceptors (Lipinski definition) is 6. The molecule has 2 aliphatic rings. The minimum atomic E-state index is -3.81. The summed E-state index contributed by atoms with van der Waals surface area (Å²) in [6, 6.07) is 7.00. The summed E-state index contributed by atoms with van der Waals surface area (Å²) in [5.41, 5.74) is 0.618. The molecule has 4 rings (SSSR count). The van der Waals surface area contributed by atoms with E-state index in [1.807, 2.05) is 4.90 Å². The van der Waals surface area contributed by atoms with Crippen molar-refractivity contribution < 1.29 is 31.5 Å². The Balaban J connectivity index is 1.69. The predicted octanol–water partition coefficient (Wildman–Crippen LogP) is 2.07. The van der Waals surface area contributed by atoms with E-state index in [2.05, 4.69) is 5.32 Å². The second-order valence-electron chi connectivity index (χ2n) is 7.41. The molecule has 2 saturated heterocycles. The fourth-order valence-corrected chi connectivity index (χ4v) is 5.11. The topological polar surface area (TPSA) is 88.2 Å². The fourth-order valence-electron chi connectivity index (χ4n) is 3.67. The van der Waals surface area contributed by atoms with Crippen LogP contribution in [0.5, 0.6) is 0 Å². The van der Waals surface area contributed by atoms with Crippen molar-refractivity contribution in [3.8, 4) is 0 Å². The molecule has 0 aliphatic carbocycles. The number of hydrogen-bond donors (Lipinski definition) is 1. The van der Waals surface area contributed by atoms with Crippen molar-refractivity contribution in [1.29, 1.82) is 0 Å². The number of sulfonamides is 1. The molecular formula is C21H23F2N3O5S. The molecule has 2 aromatic rings. The molecular weight excluding hydrogens is 444 g/mol. The lowest BCUT2D eigenvalue weighted by atomic mass is 10.1. The second-order valence-corrected chi connectivity index (χ2v) is 9.35. The highest BCUT2D eigenvalue weighted by atomic mass is 32.2. The third-order valence-electron chi connectivity index (χ3n) is 5.30. The number of morpholine rings is 2. The van der Waals surface area contributed by atoms with Gasteiger partial charge in [-0.25, -0.2) is 17.2 Å². The van der Waals surface area contributed by atoms with Crippen molar-refractivity contribution in [2.24, 2.45) is 0 Å². The molecule has 0 bridgehead atoms. The van der Waals surface area contributed by atoms with Gasteiger partial charge in [0.25, 0.3) is 5.91 Å². The number of nitrogens with zero attached hydrogens (tertiary/aromatic N) is 2. The van der Waals surface area contributed by atoms with Gasteiger partial charge >= 0.3 is 0 Å². The van der Waals surface area contributed by atoms with E-state index in [0.717, 1.165) is 12.1 Å². The smallest absolute Gasteiger partial charge is 0.255 e. The largest absolute Gasteiger partial charge is 0.379 e. The van der Waals surface area contributed by atoms with Gasteiger partial charge in [-0.2, -0.15) is 4.31 Å². The average Bonchev–Trinajstić information content (AvgIpc) is 2.79. The number of carbonyl (C=O) groups is 1. The molecule has 0 spiro atoms. The van der Waals surface area contributed by atoms with Crippen LogP contribution in [-0.4, -0.2) is 71.2 Å². The van der Waals surface area contributed by atoms with Gasteiger partial charge in [0, 0.05) is 37.8 Å². The molecule has 8 nitrogen and oxygen atoms in total. The van der Waals surface area contributed by atoms with Gasteiger partial charge in [-0.3, -0.25) is 4.79 Å². The van der Waals surface area contributed by atoms with Crippen LogP contribution in [0.15, 0.2) is 41.3 Å². The van der Waals surface area contributed by atoms with E-state index < -0.39 is 27.6 Å². The van der Waals surface area contributed by atoms with Crippen molar-refractivity contribution >= 4 is 27.3 Å². The summed E-state index contributed by atoms with van der Waals surface area (Å²) < 4.78 is 65.3. The molecule has 2 heterocycles. The maximum atomic E-state index is 13.6. The normalized spacial score (nSPS) is 17.9. The monoisotopic (exact) mass is 467 g/mol. The standard InChI is InChI=1S/C21H23F2N3O5S/c22-16-11-15(12-17(23)13-16)21(27)24-19-14-18(32(28,29)26-5-9-31-10-6-26)1-2-20(19)25-3-7-30-8-4-25/h1-2,11-14H,3-10H2,(H,24,27). The first kappa shape index (κ1) is 22.6. The maximum Gasteiger partial charge on any atom is 0.255 e. The molecule has 172 valence electrons. The van der Waals surface area contributed by atoms with E-state index >= 15 is 0 Å². The lowest BCUT2D eigenvalue weighted by Gasteiger charge is -2.31. The Labute approximate surface area is 184 Å². The third-order valence-corrected chi connectivity index (χ3v) is 7.20. The highest BCUT2D eigenvalue weighted by molar-refractivity contribution is 7.89. The minimum absolute atomic E-state index is 0.0112. The van der Waals surface area contributed by atoms with Crippen molar-refractivity contribution in [2.75, 3.05) is 62.8 Å². The van der Waals surface area contributed by atoms with Crippen LogP contribution in [0.3, 0.4) is 0 Å². The summed E-state index contributed by atoms with van der Waals surface area (Å²) in [7, 11) is -3.81. The molecule has 0 saturated carbocycles. The number of benzene rings is 2. The molecule has 1 N–H and O–H groups in total. The number of halogens is 2. The molecule has 2 fully saturated rings. The molecule has 1 amide bonds. The molecule has 11 heteroatoms. The van der Waals surface area contributed by atoms with E-state index in [-0.39, 0.29) is 29.2 Å². The first-order valence-corrected chi connectivity index (χ1v) is 11.6. The fraction of sp³-hybridized carbons (Fsp3) is 0.381. The Morgan fingerprint density at radius 2 is 1.47 bits per heavy atom. The lowest BCUT2D eigenvalue weighted by molar-refractivity contribution is 0.0730. The van der Waals surface area contributed by atoms with E-state index in [1.165, 1.54) is 16.4 Å². The Hall–Kier alpha value is -2.60. The summed E-state index contributed by atoms with van der Waals surface area (Å²) >= 11 is 0. The lowest BCUT2D eigenvalue weighted by Crippen LogP contribution is -2.40. The number of amides is 1. The van der Waals surface area contributed by atoms with E-state index in [9.17, 15) is 22.0 Å². The van der Waals surface area contributed by atoms with Crippen molar-refractivity contribution in [3.63, 3.8) is 0 Å².